The summed E-state index contributed by atoms with van der Waals surface area (Å²) in [6, 6.07) is 3.68. The third-order valence-electron chi connectivity index (χ3n) is 1.53. The van der Waals surface area contributed by atoms with E-state index in [4.69, 9.17) is 11.6 Å². The Morgan fingerprint density at radius 2 is 2.00 bits per heavy atom. The number of hydrogen-bond acceptors (Lipinski definition) is 0. The van der Waals surface area contributed by atoms with Gasteiger partial charge in [-0.25, -0.2) is 4.39 Å². The zero-order valence-corrected chi connectivity index (χ0v) is 8.67. The van der Waals surface area contributed by atoms with E-state index in [-0.39, 0.29) is 11.4 Å². The van der Waals surface area contributed by atoms with Crippen LogP contribution in [0.1, 0.15) is 11.1 Å². The summed E-state index contributed by atoms with van der Waals surface area (Å²) in [5.41, 5.74) is -0.603. The molecule has 0 aliphatic heterocycles. The van der Waals surface area contributed by atoms with E-state index < -0.39 is 16.2 Å². The minimum atomic E-state index is -3.37. The average Bonchev–Trinajstić information content (AvgIpc) is 2.01. The molecule has 0 radical (unpaired) electrons. The normalized spacial score (nSPS) is 11.8. The zero-order chi connectivity index (χ0) is 10.1. The van der Waals surface area contributed by atoms with E-state index in [0.717, 1.165) is 6.07 Å². The summed E-state index contributed by atoms with van der Waals surface area (Å²) in [7, 11) is 0. The summed E-state index contributed by atoms with van der Waals surface area (Å²) in [6.07, 6.45) is 0. The van der Waals surface area contributed by atoms with E-state index in [1.165, 1.54) is 12.1 Å². The van der Waals surface area contributed by atoms with E-state index in [1.807, 2.05) is 0 Å². The van der Waals surface area contributed by atoms with E-state index >= 15 is 0 Å². The molecule has 1 aromatic rings. The molecule has 1 rings (SSSR count). The molecule has 0 nitrogen and oxygen atoms in total. The Hall–Kier alpha value is -0.220. The van der Waals surface area contributed by atoms with E-state index in [1.54, 1.807) is 0 Å². The molecule has 0 bridgehead atoms. The van der Waals surface area contributed by atoms with Gasteiger partial charge in [0.1, 0.15) is 5.82 Å². The van der Waals surface area contributed by atoms with Crippen molar-refractivity contribution in [3.8, 4) is 0 Å². The summed E-state index contributed by atoms with van der Waals surface area (Å²) in [4.78, 5) is -3.37. The first-order valence-corrected chi connectivity index (χ1v) is 4.70. The molecular weight excluding hydrogens is 268 g/mol. The SMILES string of the molecule is Fc1cccc(CCl)c1C(F)(F)Br. The molecule has 13 heavy (non-hydrogen) atoms. The molecule has 0 spiro atoms. The average molecular weight is 273 g/mol. The standard InChI is InChI=1S/C8H5BrClF3/c9-8(12,13)7-5(4-10)2-1-3-6(7)11/h1-3H,4H2. The van der Waals surface area contributed by atoms with Gasteiger partial charge in [-0.2, -0.15) is 8.78 Å². The number of halogens is 5. The van der Waals surface area contributed by atoms with Crippen LogP contribution < -0.4 is 0 Å². The molecule has 0 fully saturated rings. The summed E-state index contributed by atoms with van der Waals surface area (Å²) in [5, 5.41) is 0. The lowest BCUT2D eigenvalue weighted by atomic mass is 10.1. The molecule has 0 saturated heterocycles. The van der Waals surface area contributed by atoms with E-state index in [2.05, 4.69) is 15.9 Å². The highest BCUT2D eigenvalue weighted by Gasteiger charge is 2.33. The van der Waals surface area contributed by atoms with E-state index in [0.29, 0.717) is 0 Å². The second-order valence-electron chi connectivity index (χ2n) is 2.41. The van der Waals surface area contributed by atoms with Crippen molar-refractivity contribution in [1.29, 1.82) is 0 Å². The quantitative estimate of drug-likeness (QED) is 0.714. The summed E-state index contributed by atoms with van der Waals surface area (Å²) < 4.78 is 38.5. The Bertz CT molecular complexity index is 309. The van der Waals surface area contributed by atoms with Gasteiger partial charge in [0, 0.05) is 5.88 Å². The van der Waals surface area contributed by atoms with Gasteiger partial charge in [0.15, 0.2) is 0 Å². The van der Waals surface area contributed by atoms with Crippen LogP contribution >= 0.6 is 27.5 Å². The first-order valence-electron chi connectivity index (χ1n) is 3.37. The Balaban J connectivity index is 3.32. The molecule has 0 atom stereocenters. The lowest BCUT2D eigenvalue weighted by Gasteiger charge is -2.13. The molecule has 0 N–H and O–H groups in total. The Kier molecular flexibility index (Phi) is 3.24. The zero-order valence-electron chi connectivity index (χ0n) is 6.33. The molecule has 5 heteroatoms. The maximum Gasteiger partial charge on any atom is 0.329 e. The van der Waals surface area contributed by atoms with Crippen LogP contribution in [0.15, 0.2) is 18.2 Å². The van der Waals surface area contributed by atoms with Crippen molar-refractivity contribution < 1.29 is 13.2 Å². The summed E-state index contributed by atoms with van der Waals surface area (Å²) in [5.74, 6) is -1.10. The second kappa shape index (κ2) is 3.88. The highest BCUT2D eigenvalue weighted by Crippen LogP contribution is 2.38. The molecule has 0 aliphatic rings. The van der Waals surface area contributed by atoms with Crippen LogP contribution in [0.4, 0.5) is 13.2 Å². The van der Waals surface area contributed by atoms with Gasteiger partial charge in [-0.15, -0.1) is 11.6 Å². The number of rotatable bonds is 2. The van der Waals surface area contributed by atoms with Crippen molar-refractivity contribution >= 4 is 27.5 Å². The van der Waals surface area contributed by atoms with Crippen molar-refractivity contribution in [2.45, 2.75) is 10.7 Å². The summed E-state index contributed by atoms with van der Waals surface area (Å²) in [6.45, 7) is 0. The Labute approximate surface area is 86.8 Å². The van der Waals surface area contributed by atoms with Crippen LogP contribution in [0.3, 0.4) is 0 Å². The smallest absolute Gasteiger partial charge is 0.206 e. The Morgan fingerprint density at radius 3 is 2.38 bits per heavy atom. The predicted molar refractivity (Wildman–Crippen MR) is 48.8 cm³/mol. The Morgan fingerprint density at radius 1 is 1.38 bits per heavy atom. The lowest BCUT2D eigenvalue weighted by Crippen LogP contribution is -2.09. The third-order valence-corrected chi connectivity index (χ3v) is 2.21. The van der Waals surface area contributed by atoms with Crippen molar-refractivity contribution in [3.63, 3.8) is 0 Å². The van der Waals surface area contributed by atoms with Gasteiger partial charge in [0.2, 0.25) is 0 Å². The lowest BCUT2D eigenvalue weighted by molar-refractivity contribution is 0.109. The molecule has 0 saturated carbocycles. The molecule has 1 aromatic carbocycles. The van der Waals surface area contributed by atoms with Crippen LogP contribution in [0.5, 0.6) is 0 Å². The van der Waals surface area contributed by atoms with Crippen molar-refractivity contribution in [3.05, 3.63) is 35.1 Å². The second-order valence-corrected chi connectivity index (χ2v) is 3.67. The monoisotopic (exact) mass is 272 g/mol. The molecule has 0 amide bonds. The van der Waals surface area contributed by atoms with Crippen LogP contribution in [-0.2, 0) is 10.7 Å². The van der Waals surface area contributed by atoms with Crippen LogP contribution in [0.25, 0.3) is 0 Å². The third kappa shape index (κ3) is 2.38. The maximum atomic E-state index is 13.0. The fourth-order valence-electron chi connectivity index (χ4n) is 0.998. The maximum absolute atomic E-state index is 13.0. The first-order chi connectivity index (χ1) is 5.96. The largest absolute Gasteiger partial charge is 0.329 e. The molecular formula is C8H5BrClF3. The fraction of sp³-hybridized carbons (Fsp3) is 0.250. The van der Waals surface area contributed by atoms with E-state index in [9.17, 15) is 13.2 Å². The van der Waals surface area contributed by atoms with Gasteiger partial charge >= 0.3 is 4.83 Å². The number of alkyl halides is 4. The van der Waals surface area contributed by atoms with Crippen molar-refractivity contribution in [2.24, 2.45) is 0 Å². The van der Waals surface area contributed by atoms with Gasteiger partial charge in [0.05, 0.1) is 5.56 Å². The van der Waals surface area contributed by atoms with Gasteiger partial charge in [0.25, 0.3) is 0 Å². The highest BCUT2D eigenvalue weighted by atomic mass is 79.9. The first kappa shape index (κ1) is 10.9. The predicted octanol–water partition coefficient (Wildman–Crippen LogP) is 4.01. The minimum absolute atomic E-state index is 0.0866. The number of hydrogen-bond donors (Lipinski definition) is 0. The fourth-order valence-corrected chi connectivity index (χ4v) is 1.66. The van der Waals surface area contributed by atoms with Crippen LogP contribution in [0.2, 0.25) is 0 Å². The highest BCUT2D eigenvalue weighted by molar-refractivity contribution is 9.09. The van der Waals surface area contributed by atoms with Crippen LogP contribution in [0, 0.1) is 5.82 Å². The molecule has 0 unspecified atom stereocenters. The topological polar surface area (TPSA) is 0 Å². The molecule has 0 heterocycles. The van der Waals surface area contributed by atoms with Gasteiger partial charge < -0.3 is 0 Å². The van der Waals surface area contributed by atoms with Crippen LogP contribution in [-0.4, -0.2) is 0 Å². The molecule has 0 aliphatic carbocycles. The van der Waals surface area contributed by atoms with Gasteiger partial charge in [-0.3, -0.25) is 0 Å². The molecule has 72 valence electrons. The number of benzene rings is 1. The summed E-state index contributed by atoms with van der Waals surface area (Å²) >= 11 is 7.49. The minimum Gasteiger partial charge on any atom is -0.206 e. The van der Waals surface area contributed by atoms with Gasteiger partial charge in [-0.1, -0.05) is 12.1 Å². The molecule has 0 aromatic heterocycles. The van der Waals surface area contributed by atoms with Crippen molar-refractivity contribution in [2.75, 3.05) is 0 Å². The van der Waals surface area contributed by atoms with Crippen molar-refractivity contribution in [1.82, 2.24) is 0 Å². The van der Waals surface area contributed by atoms with Gasteiger partial charge in [-0.05, 0) is 27.6 Å².